The molecular weight excluding hydrogens is 272 g/mol. The molecule has 21 heavy (non-hydrogen) atoms. The smallest absolute Gasteiger partial charge is 0.0701 e. The van der Waals surface area contributed by atoms with Crippen molar-refractivity contribution in [2.75, 3.05) is 66.1 Å². The third kappa shape index (κ3) is 19.8. The molecule has 0 spiro atoms. The van der Waals surface area contributed by atoms with Crippen LogP contribution in [0.3, 0.4) is 0 Å². The predicted octanol–water partition coefficient (Wildman–Crippen LogP) is 2.38. The Morgan fingerprint density at radius 1 is 0.429 bits per heavy atom. The topological polar surface area (TPSA) is 46.2 Å². The minimum absolute atomic E-state index is 0.573. The SMILES string of the molecule is CC(C)COCCOCCOCCOCCOCC(C)C. The molecule has 0 aliphatic heterocycles. The van der Waals surface area contributed by atoms with Gasteiger partial charge in [-0.25, -0.2) is 0 Å². The lowest BCUT2D eigenvalue weighted by atomic mass is 10.2. The molecule has 5 heteroatoms. The maximum Gasteiger partial charge on any atom is 0.0701 e. The maximum atomic E-state index is 5.40. The number of hydrogen-bond acceptors (Lipinski definition) is 5. The molecule has 0 amide bonds. The first kappa shape index (κ1) is 20.8. The Kier molecular flexibility index (Phi) is 16.0. The summed E-state index contributed by atoms with van der Waals surface area (Å²) in [6, 6.07) is 0. The highest BCUT2D eigenvalue weighted by Crippen LogP contribution is 1.92. The van der Waals surface area contributed by atoms with Crippen LogP contribution < -0.4 is 0 Å². The van der Waals surface area contributed by atoms with Crippen LogP contribution in [0.2, 0.25) is 0 Å². The van der Waals surface area contributed by atoms with E-state index in [4.69, 9.17) is 23.7 Å². The molecule has 0 saturated heterocycles. The fraction of sp³-hybridized carbons (Fsp3) is 1.00. The normalized spacial score (nSPS) is 11.7. The lowest BCUT2D eigenvalue weighted by Gasteiger charge is -2.09. The average molecular weight is 306 g/mol. The molecule has 0 aromatic rings. The highest BCUT2D eigenvalue weighted by atomic mass is 16.6. The Hall–Kier alpha value is -0.200. The molecule has 0 N–H and O–H groups in total. The zero-order valence-corrected chi connectivity index (χ0v) is 14.3. The van der Waals surface area contributed by atoms with Crippen molar-refractivity contribution in [3.05, 3.63) is 0 Å². The van der Waals surface area contributed by atoms with E-state index in [0.717, 1.165) is 13.2 Å². The summed E-state index contributed by atoms with van der Waals surface area (Å²) < 4.78 is 27.0. The van der Waals surface area contributed by atoms with Crippen LogP contribution >= 0.6 is 0 Å². The molecule has 0 aromatic heterocycles. The Labute approximate surface area is 130 Å². The zero-order valence-electron chi connectivity index (χ0n) is 14.3. The Bertz CT molecular complexity index is 177. The highest BCUT2D eigenvalue weighted by Gasteiger charge is 1.96. The number of hydrogen-bond donors (Lipinski definition) is 0. The van der Waals surface area contributed by atoms with Crippen molar-refractivity contribution in [2.24, 2.45) is 11.8 Å². The first-order chi connectivity index (χ1) is 10.1. The van der Waals surface area contributed by atoms with Crippen molar-refractivity contribution < 1.29 is 23.7 Å². The van der Waals surface area contributed by atoms with E-state index in [2.05, 4.69) is 27.7 Å². The van der Waals surface area contributed by atoms with E-state index in [1.165, 1.54) is 0 Å². The van der Waals surface area contributed by atoms with Crippen LogP contribution in [-0.2, 0) is 23.7 Å². The molecule has 0 bridgehead atoms. The van der Waals surface area contributed by atoms with Crippen molar-refractivity contribution in [1.82, 2.24) is 0 Å². The monoisotopic (exact) mass is 306 g/mol. The van der Waals surface area contributed by atoms with Crippen LogP contribution in [0.15, 0.2) is 0 Å². The minimum Gasteiger partial charge on any atom is -0.379 e. The molecule has 0 heterocycles. The third-order valence-electron chi connectivity index (χ3n) is 2.39. The molecule has 0 fully saturated rings. The van der Waals surface area contributed by atoms with E-state index in [9.17, 15) is 0 Å². The van der Waals surface area contributed by atoms with E-state index in [1.54, 1.807) is 0 Å². The van der Waals surface area contributed by atoms with E-state index in [0.29, 0.717) is 64.7 Å². The van der Waals surface area contributed by atoms with Gasteiger partial charge < -0.3 is 23.7 Å². The molecule has 0 rings (SSSR count). The number of ether oxygens (including phenoxy) is 5. The summed E-state index contributed by atoms with van der Waals surface area (Å²) in [6.07, 6.45) is 0. The Morgan fingerprint density at radius 3 is 0.905 bits per heavy atom. The van der Waals surface area contributed by atoms with E-state index >= 15 is 0 Å². The highest BCUT2D eigenvalue weighted by molar-refractivity contribution is 4.41. The lowest BCUT2D eigenvalue weighted by molar-refractivity contribution is -0.0142. The van der Waals surface area contributed by atoms with Crippen molar-refractivity contribution in [3.63, 3.8) is 0 Å². The molecule has 0 unspecified atom stereocenters. The van der Waals surface area contributed by atoms with Crippen LogP contribution in [0.5, 0.6) is 0 Å². The van der Waals surface area contributed by atoms with Crippen molar-refractivity contribution in [2.45, 2.75) is 27.7 Å². The van der Waals surface area contributed by atoms with Gasteiger partial charge in [0.1, 0.15) is 0 Å². The van der Waals surface area contributed by atoms with Gasteiger partial charge in [-0.3, -0.25) is 0 Å². The summed E-state index contributed by atoms with van der Waals surface area (Å²) in [5.74, 6) is 1.15. The second-order valence-corrected chi connectivity index (χ2v) is 5.77. The van der Waals surface area contributed by atoms with Gasteiger partial charge in [-0.1, -0.05) is 27.7 Å². The second-order valence-electron chi connectivity index (χ2n) is 5.77. The molecule has 0 atom stereocenters. The van der Waals surface area contributed by atoms with Gasteiger partial charge in [0.25, 0.3) is 0 Å². The fourth-order valence-electron chi connectivity index (χ4n) is 1.42. The van der Waals surface area contributed by atoms with Crippen LogP contribution in [0.4, 0.5) is 0 Å². The Morgan fingerprint density at radius 2 is 0.667 bits per heavy atom. The minimum atomic E-state index is 0.573. The first-order valence-corrected chi connectivity index (χ1v) is 8.01. The van der Waals surface area contributed by atoms with Crippen molar-refractivity contribution in [1.29, 1.82) is 0 Å². The van der Waals surface area contributed by atoms with Gasteiger partial charge in [0.2, 0.25) is 0 Å². The van der Waals surface area contributed by atoms with Gasteiger partial charge in [0.15, 0.2) is 0 Å². The summed E-state index contributed by atoms with van der Waals surface area (Å²) >= 11 is 0. The van der Waals surface area contributed by atoms with Gasteiger partial charge in [0, 0.05) is 13.2 Å². The summed E-state index contributed by atoms with van der Waals surface area (Å²) in [7, 11) is 0. The molecular formula is C16H34O5. The molecule has 0 aromatic carbocycles. The second kappa shape index (κ2) is 16.2. The predicted molar refractivity (Wildman–Crippen MR) is 83.8 cm³/mol. The van der Waals surface area contributed by atoms with Gasteiger partial charge in [0.05, 0.1) is 52.9 Å². The molecule has 5 nitrogen and oxygen atoms in total. The molecule has 0 aliphatic carbocycles. The quantitative estimate of drug-likeness (QED) is 0.410. The summed E-state index contributed by atoms with van der Waals surface area (Å²) in [5, 5.41) is 0. The fourth-order valence-corrected chi connectivity index (χ4v) is 1.42. The summed E-state index contributed by atoms with van der Waals surface area (Å²) in [5.41, 5.74) is 0. The van der Waals surface area contributed by atoms with Crippen LogP contribution in [0.1, 0.15) is 27.7 Å². The standard InChI is InChI=1S/C16H34O5/c1-15(2)13-20-11-9-18-7-5-17-6-8-19-10-12-21-14-16(3)4/h15-16H,5-14H2,1-4H3. The van der Waals surface area contributed by atoms with Crippen molar-refractivity contribution >= 4 is 0 Å². The Balaban J connectivity index is 2.96. The molecule has 0 saturated carbocycles. The first-order valence-electron chi connectivity index (χ1n) is 8.01. The zero-order chi connectivity index (χ0) is 15.8. The average Bonchev–Trinajstić information content (AvgIpc) is 2.42. The summed E-state index contributed by atoms with van der Waals surface area (Å²) in [4.78, 5) is 0. The third-order valence-corrected chi connectivity index (χ3v) is 2.39. The molecule has 0 radical (unpaired) electrons. The van der Waals surface area contributed by atoms with Gasteiger partial charge in [-0.2, -0.15) is 0 Å². The van der Waals surface area contributed by atoms with Crippen LogP contribution in [0.25, 0.3) is 0 Å². The number of rotatable bonds is 16. The van der Waals surface area contributed by atoms with Gasteiger partial charge >= 0.3 is 0 Å². The van der Waals surface area contributed by atoms with Crippen LogP contribution in [0, 0.1) is 11.8 Å². The maximum absolute atomic E-state index is 5.40. The molecule has 0 aliphatic rings. The van der Waals surface area contributed by atoms with Gasteiger partial charge in [-0.05, 0) is 11.8 Å². The van der Waals surface area contributed by atoms with Crippen molar-refractivity contribution in [3.8, 4) is 0 Å². The van der Waals surface area contributed by atoms with E-state index in [1.807, 2.05) is 0 Å². The van der Waals surface area contributed by atoms with Gasteiger partial charge in [-0.15, -0.1) is 0 Å². The lowest BCUT2D eigenvalue weighted by Crippen LogP contribution is -2.14. The summed E-state index contributed by atoms with van der Waals surface area (Å²) in [6.45, 7) is 15.0. The largest absolute Gasteiger partial charge is 0.379 e. The van der Waals surface area contributed by atoms with E-state index < -0.39 is 0 Å². The van der Waals surface area contributed by atoms with E-state index in [-0.39, 0.29) is 0 Å². The molecule has 128 valence electrons. The van der Waals surface area contributed by atoms with Crippen LogP contribution in [-0.4, -0.2) is 66.1 Å².